The SMILES string of the molecule is COc1cc(C)c2c(c1)O/C(=C\c1ccc(C(C)C)cc1)C2=O. The average molecular weight is 308 g/mol. The largest absolute Gasteiger partial charge is 0.497 e. The molecule has 0 atom stereocenters. The first-order valence-corrected chi connectivity index (χ1v) is 7.72. The lowest BCUT2D eigenvalue weighted by Gasteiger charge is -2.05. The van der Waals surface area contributed by atoms with E-state index in [0.717, 1.165) is 11.1 Å². The number of Topliss-reactive ketones (excluding diaryl/α,β-unsaturated/α-hetero) is 1. The molecule has 0 radical (unpaired) electrons. The van der Waals surface area contributed by atoms with Crippen LogP contribution in [0.3, 0.4) is 0 Å². The van der Waals surface area contributed by atoms with Crippen molar-refractivity contribution in [3.63, 3.8) is 0 Å². The molecule has 0 unspecified atom stereocenters. The third-order valence-electron chi connectivity index (χ3n) is 4.08. The predicted molar refractivity (Wildman–Crippen MR) is 91.2 cm³/mol. The third kappa shape index (κ3) is 2.87. The van der Waals surface area contributed by atoms with Crippen LogP contribution in [-0.2, 0) is 0 Å². The second-order valence-corrected chi connectivity index (χ2v) is 6.08. The fourth-order valence-corrected chi connectivity index (χ4v) is 2.72. The number of fused-ring (bicyclic) bond motifs is 1. The van der Waals surface area contributed by atoms with Crippen molar-refractivity contribution in [2.45, 2.75) is 26.7 Å². The lowest BCUT2D eigenvalue weighted by atomic mass is 10.0. The molecule has 1 aliphatic rings. The zero-order valence-corrected chi connectivity index (χ0v) is 13.8. The fourth-order valence-electron chi connectivity index (χ4n) is 2.72. The summed E-state index contributed by atoms with van der Waals surface area (Å²) in [6.45, 7) is 6.21. The Kier molecular flexibility index (Phi) is 3.95. The van der Waals surface area contributed by atoms with Crippen LogP contribution in [-0.4, -0.2) is 12.9 Å². The highest BCUT2D eigenvalue weighted by Crippen LogP contribution is 2.37. The normalized spacial score (nSPS) is 15.0. The third-order valence-corrected chi connectivity index (χ3v) is 4.08. The monoisotopic (exact) mass is 308 g/mol. The van der Waals surface area contributed by atoms with Gasteiger partial charge in [0.25, 0.3) is 0 Å². The Hall–Kier alpha value is -2.55. The first kappa shape index (κ1) is 15.3. The molecule has 0 amide bonds. The molecular weight excluding hydrogens is 288 g/mol. The van der Waals surface area contributed by atoms with E-state index in [-0.39, 0.29) is 5.78 Å². The number of methoxy groups -OCH3 is 1. The van der Waals surface area contributed by atoms with E-state index in [2.05, 4.69) is 26.0 Å². The van der Waals surface area contributed by atoms with Crippen LogP contribution < -0.4 is 9.47 Å². The molecule has 0 aromatic heterocycles. The van der Waals surface area contributed by atoms with Gasteiger partial charge in [0.15, 0.2) is 5.76 Å². The molecule has 0 fully saturated rings. The van der Waals surface area contributed by atoms with Crippen LogP contribution in [0.2, 0.25) is 0 Å². The molecular formula is C20H20O3. The Labute approximate surface area is 136 Å². The first-order chi connectivity index (χ1) is 11.0. The van der Waals surface area contributed by atoms with Gasteiger partial charge in [0.05, 0.1) is 12.7 Å². The predicted octanol–water partition coefficient (Wildman–Crippen LogP) is 4.74. The molecule has 0 spiro atoms. The minimum Gasteiger partial charge on any atom is -0.497 e. The summed E-state index contributed by atoms with van der Waals surface area (Å²) in [7, 11) is 1.60. The van der Waals surface area contributed by atoms with Gasteiger partial charge < -0.3 is 9.47 Å². The van der Waals surface area contributed by atoms with Gasteiger partial charge in [0.2, 0.25) is 5.78 Å². The van der Waals surface area contributed by atoms with E-state index in [1.165, 1.54) is 5.56 Å². The zero-order valence-electron chi connectivity index (χ0n) is 13.8. The van der Waals surface area contributed by atoms with E-state index < -0.39 is 0 Å². The Bertz CT molecular complexity index is 783. The molecule has 118 valence electrons. The molecule has 0 saturated carbocycles. The van der Waals surface area contributed by atoms with Crippen molar-refractivity contribution in [1.82, 2.24) is 0 Å². The number of allylic oxidation sites excluding steroid dienone is 1. The fraction of sp³-hybridized carbons (Fsp3) is 0.250. The Morgan fingerprint density at radius 2 is 1.83 bits per heavy atom. The zero-order chi connectivity index (χ0) is 16.6. The summed E-state index contributed by atoms with van der Waals surface area (Å²) in [6.07, 6.45) is 1.79. The van der Waals surface area contributed by atoms with Crippen LogP contribution in [0.15, 0.2) is 42.2 Å². The van der Waals surface area contributed by atoms with E-state index >= 15 is 0 Å². The number of carbonyl (C=O) groups excluding carboxylic acids is 1. The van der Waals surface area contributed by atoms with Gasteiger partial charge in [-0.25, -0.2) is 0 Å². The highest BCUT2D eigenvalue weighted by atomic mass is 16.5. The van der Waals surface area contributed by atoms with Gasteiger partial charge in [-0.2, -0.15) is 0 Å². The number of ketones is 1. The highest BCUT2D eigenvalue weighted by molar-refractivity contribution is 6.15. The minimum absolute atomic E-state index is 0.0758. The van der Waals surface area contributed by atoms with E-state index in [0.29, 0.717) is 28.7 Å². The standard InChI is InChI=1S/C20H20O3/c1-12(2)15-7-5-14(6-8-15)10-18-20(21)19-13(3)9-16(22-4)11-17(19)23-18/h5-12H,1-4H3/b18-10-. The number of hydrogen-bond acceptors (Lipinski definition) is 3. The summed E-state index contributed by atoms with van der Waals surface area (Å²) in [4.78, 5) is 12.6. The second-order valence-electron chi connectivity index (χ2n) is 6.08. The molecule has 0 aliphatic carbocycles. The molecule has 1 aliphatic heterocycles. The maximum Gasteiger partial charge on any atom is 0.232 e. The van der Waals surface area contributed by atoms with E-state index in [4.69, 9.17) is 9.47 Å². The maximum atomic E-state index is 12.6. The van der Waals surface area contributed by atoms with Crippen molar-refractivity contribution in [2.24, 2.45) is 0 Å². The Morgan fingerprint density at radius 1 is 1.13 bits per heavy atom. The van der Waals surface area contributed by atoms with Gasteiger partial charge in [-0.15, -0.1) is 0 Å². The molecule has 1 heterocycles. The van der Waals surface area contributed by atoms with E-state index in [1.54, 1.807) is 19.3 Å². The van der Waals surface area contributed by atoms with Crippen molar-refractivity contribution in [3.8, 4) is 11.5 Å². The van der Waals surface area contributed by atoms with Crippen LogP contribution in [0.5, 0.6) is 11.5 Å². The molecule has 0 saturated heterocycles. The highest BCUT2D eigenvalue weighted by Gasteiger charge is 2.29. The maximum absolute atomic E-state index is 12.6. The van der Waals surface area contributed by atoms with Gasteiger partial charge in [-0.1, -0.05) is 38.1 Å². The number of benzene rings is 2. The molecule has 3 heteroatoms. The molecule has 0 bridgehead atoms. The minimum atomic E-state index is -0.0758. The lowest BCUT2D eigenvalue weighted by Crippen LogP contribution is -1.99. The molecule has 0 N–H and O–H groups in total. The summed E-state index contributed by atoms with van der Waals surface area (Å²) in [5.74, 6) is 2.02. The topological polar surface area (TPSA) is 35.5 Å². The summed E-state index contributed by atoms with van der Waals surface area (Å²) in [5, 5.41) is 0. The van der Waals surface area contributed by atoms with E-state index in [1.807, 2.05) is 25.1 Å². The number of rotatable bonds is 3. The molecule has 2 aromatic rings. The average Bonchev–Trinajstić information content (AvgIpc) is 2.84. The number of aryl methyl sites for hydroxylation is 1. The van der Waals surface area contributed by atoms with Crippen molar-refractivity contribution >= 4 is 11.9 Å². The van der Waals surface area contributed by atoms with E-state index in [9.17, 15) is 4.79 Å². The second kappa shape index (κ2) is 5.92. The van der Waals surface area contributed by atoms with Crippen LogP contribution >= 0.6 is 0 Å². The summed E-state index contributed by atoms with van der Waals surface area (Å²) >= 11 is 0. The van der Waals surface area contributed by atoms with Crippen LogP contribution in [0.25, 0.3) is 6.08 Å². The molecule has 2 aromatic carbocycles. The number of ether oxygens (including phenoxy) is 2. The molecule has 3 rings (SSSR count). The summed E-state index contributed by atoms with van der Waals surface area (Å²) in [5.41, 5.74) is 3.71. The number of carbonyl (C=O) groups is 1. The van der Waals surface area contributed by atoms with Gasteiger partial charge in [-0.3, -0.25) is 4.79 Å². The van der Waals surface area contributed by atoms with Crippen molar-refractivity contribution in [1.29, 1.82) is 0 Å². The van der Waals surface area contributed by atoms with Crippen LogP contribution in [0.1, 0.15) is 46.8 Å². The lowest BCUT2D eigenvalue weighted by molar-refractivity contribution is 0.101. The van der Waals surface area contributed by atoms with Crippen molar-refractivity contribution < 1.29 is 14.3 Å². The molecule has 3 nitrogen and oxygen atoms in total. The Balaban J connectivity index is 1.93. The first-order valence-electron chi connectivity index (χ1n) is 7.72. The van der Waals surface area contributed by atoms with Gasteiger partial charge in [0, 0.05) is 6.07 Å². The van der Waals surface area contributed by atoms with Crippen LogP contribution in [0, 0.1) is 6.92 Å². The summed E-state index contributed by atoms with van der Waals surface area (Å²) < 4.78 is 11.0. The van der Waals surface area contributed by atoms with Gasteiger partial charge >= 0.3 is 0 Å². The Morgan fingerprint density at radius 3 is 2.43 bits per heavy atom. The van der Waals surface area contributed by atoms with Gasteiger partial charge in [0.1, 0.15) is 11.5 Å². The number of hydrogen-bond donors (Lipinski definition) is 0. The smallest absolute Gasteiger partial charge is 0.232 e. The quantitative estimate of drug-likeness (QED) is 0.768. The molecule has 23 heavy (non-hydrogen) atoms. The summed E-state index contributed by atoms with van der Waals surface area (Å²) in [6, 6.07) is 11.8. The van der Waals surface area contributed by atoms with Gasteiger partial charge in [-0.05, 0) is 41.7 Å². The van der Waals surface area contributed by atoms with Crippen molar-refractivity contribution in [3.05, 3.63) is 64.4 Å². The van der Waals surface area contributed by atoms with Crippen molar-refractivity contribution in [2.75, 3.05) is 7.11 Å². The van der Waals surface area contributed by atoms with Crippen LogP contribution in [0.4, 0.5) is 0 Å².